The lowest BCUT2D eigenvalue weighted by molar-refractivity contribution is -0.0133. The lowest BCUT2D eigenvalue weighted by Gasteiger charge is -2.37. The van der Waals surface area contributed by atoms with Gasteiger partial charge in [0.05, 0.1) is 5.60 Å². The lowest BCUT2D eigenvalue weighted by atomic mass is 9.92. The molecule has 0 radical (unpaired) electrons. The van der Waals surface area contributed by atoms with Gasteiger partial charge in [-0.3, -0.25) is 0 Å². The molecule has 0 amide bonds. The smallest absolute Gasteiger partial charge is 0.0793 e. The van der Waals surface area contributed by atoms with Crippen LogP contribution >= 0.6 is 0 Å². The summed E-state index contributed by atoms with van der Waals surface area (Å²) in [6.07, 6.45) is 2.87. The van der Waals surface area contributed by atoms with Gasteiger partial charge in [-0.1, -0.05) is 6.92 Å². The van der Waals surface area contributed by atoms with Crippen LogP contribution in [0, 0.1) is 0 Å². The number of aliphatic hydroxyl groups is 1. The minimum Gasteiger partial charge on any atom is -0.388 e. The first kappa shape index (κ1) is 9.96. The van der Waals surface area contributed by atoms with E-state index in [2.05, 4.69) is 11.8 Å². The first-order chi connectivity index (χ1) is 5.70. The molecule has 1 fully saturated rings. The molecule has 0 atom stereocenters. The van der Waals surface area contributed by atoms with Crippen LogP contribution in [-0.4, -0.2) is 41.8 Å². The zero-order valence-electron chi connectivity index (χ0n) is 7.92. The quantitative estimate of drug-likeness (QED) is 0.638. The molecular weight excluding hydrogens is 152 g/mol. The molecule has 1 saturated heterocycles. The van der Waals surface area contributed by atoms with E-state index >= 15 is 0 Å². The second kappa shape index (κ2) is 4.21. The van der Waals surface area contributed by atoms with Gasteiger partial charge in [0.15, 0.2) is 0 Å². The highest BCUT2D eigenvalue weighted by molar-refractivity contribution is 4.86. The van der Waals surface area contributed by atoms with Crippen molar-refractivity contribution in [3.63, 3.8) is 0 Å². The Bertz CT molecular complexity index is 130. The summed E-state index contributed by atoms with van der Waals surface area (Å²) in [6, 6.07) is 0. The zero-order valence-corrected chi connectivity index (χ0v) is 7.92. The molecule has 0 aromatic heterocycles. The predicted octanol–water partition coefficient (Wildman–Crippen LogP) is 0.182. The largest absolute Gasteiger partial charge is 0.388 e. The Balaban J connectivity index is 2.29. The highest BCUT2D eigenvalue weighted by atomic mass is 16.3. The van der Waals surface area contributed by atoms with Crippen LogP contribution in [0.4, 0.5) is 0 Å². The molecule has 1 aliphatic heterocycles. The predicted molar refractivity (Wildman–Crippen MR) is 50.0 cm³/mol. The number of hydrogen-bond donors (Lipinski definition) is 2. The van der Waals surface area contributed by atoms with Crippen molar-refractivity contribution in [3.05, 3.63) is 0 Å². The summed E-state index contributed by atoms with van der Waals surface area (Å²) in [5, 5.41) is 9.81. The molecule has 0 unspecified atom stereocenters. The zero-order chi connectivity index (χ0) is 9.03. The molecule has 0 bridgehead atoms. The second-order valence-electron chi connectivity index (χ2n) is 3.77. The van der Waals surface area contributed by atoms with Gasteiger partial charge in [0.2, 0.25) is 0 Å². The van der Waals surface area contributed by atoms with Gasteiger partial charge in [-0.25, -0.2) is 0 Å². The van der Waals surface area contributed by atoms with Crippen molar-refractivity contribution in [2.75, 3.05) is 26.2 Å². The van der Waals surface area contributed by atoms with Crippen LogP contribution in [-0.2, 0) is 0 Å². The third-order valence-electron chi connectivity index (χ3n) is 2.71. The van der Waals surface area contributed by atoms with Gasteiger partial charge < -0.3 is 15.7 Å². The van der Waals surface area contributed by atoms with Crippen LogP contribution in [0.25, 0.3) is 0 Å². The van der Waals surface area contributed by atoms with Gasteiger partial charge in [-0.15, -0.1) is 0 Å². The Labute approximate surface area is 74.5 Å². The minimum absolute atomic E-state index is 0.410. The molecule has 72 valence electrons. The third kappa shape index (κ3) is 2.44. The fraction of sp³-hybridized carbons (Fsp3) is 1.00. The maximum atomic E-state index is 9.81. The Morgan fingerprint density at radius 2 is 2.00 bits per heavy atom. The molecule has 3 N–H and O–H groups in total. The molecule has 1 aliphatic rings. The van der Waals surface area contributed by atoms with Crippen molar-refractivity contribution in [2.24, 2.45) is 5.73 Å². The van der Waals surface area contributed by atoms with Gasteiger partial charge in [-0.2, -0.15) is 0 Å². The number of nitrogens with zero attached hydrogens (tertiary/aromatic N) is 1. The molecule has 3 nitrogen and oxygen atoms in total. The van der Waals surface area contributed by atoms with E-state index in [9.17, 15) is 5.11 Å². The average molecular weight is 172 g/mol. The van der Waals surface area contributed by atoms with Crippen LogP contribution in [0.5, 0.6) is 0 Å². The second-order valence-corrected chi connectivity index (χ2v) is 3.77. The van der Waals surface area contributed by atoms with E-state index in [-0.39, 0.29) is 0 Å². The number of piperidine rings is 1. The molecular formula is C9H20N2O. The molecule has 0 aromatic carbocycles. The van der Waals surface area contributed by atoms with Crippen LogP contribution < -0.4 is 5.73 Å². The molecule has 0 aliphatic carbocycles. The molecule has 0 aromatic rings. The number of rotatable bonds is 3. The highest BCUT2D eigenvalue weighted by Crippen LogP contribution is 2.20. The number of likely N-dealkylation sites (tertiary alicyclic amines) is 1. The SMILES string of the molecule is CCCN1CCC(O)(CN)CC1. The lowest BCUT2D eigenvalue weighted by Crippen LogP contribution is -2.48. The van der Waals surface area contributed by atoms with Crippen LogP contribution in [0.15, 0.2) is 0 Å². The van der Waals surface area contributed by atoms with Crippen molar-refractivity contribution >= 4 is 0 Å². The monoisotopic (exact) mass is 172 g/mol. The van der Waals surface area contributed by atoms with E-state index in [0.717, 1.165) is 32.5 Å². The molecule has 12 heavy (non-hydrogen) atoms. The molecule has 3 heteroatoms. The molecule has 1 rings (SSSR count). The normalized spacial score (nSPS) is 24.2. The maximum absolute atomic E-state index is 9.81. The molecule has 1 heterocycles. The highest BCUT2D eigenvalue weighted by Gasteiger charge is 2.30. The van der Waals surface area contributed by atoms with Crippen molar-refractivity contribution in [2.45, 2.75) is 31.8 Å². The minimum atomic E-state index is -0.565. The Kier molecular flexibility index (Phi) is 3.50. The van der Waals surface area contributed by atoms with E-state index in [4.69, 9.17) is 5.73 Å². The van der Waals surface area contributed by atoms with Gasteiger partial charge in [0, 0.05) is 19.6 Å². The van der Waals surface area contributed by atoms with E-state index in [1.807, 2.05) is 0 Å². The number of nitrogens with two attached hydrogens (primary N) is 1. The Morgan fingerprint density at radius 3 is 2.42 bits per heavy atom. The summed E-state index contributed by atoms with van der Waals surface area (Å²) < 4.78 is 0. The van der Waals surface area contributed by atoms with Crippen LogP contribution in [0.3, 0.4) is 0 Å². The number of hydrogen-bond acceptors (Lipinski definition) is 3. The summed E-state index contributed by atoms with van der Waals surface area (Å²) in [4.78, 5) is 2.39. The molecule has 0 saturated carbocycles. The van der Waals surface area contributed by atoms with E-state index in [1.54, 1.807) is 0 Å². The Morgan fingerprint density at radius 1 is 1.42 bits per heavy atom. The summed E-state index contributed by atoms with van der Waals surface area (Å²) in [6.45, 7) is 5.75. The standard InChI is InChI=1S/C9H20N2O/c1-2-5-11-6-3-9(12,8-10)4-7-11/h12H,2-8,10H2,1H3. The van der Waals surface area contributed by atoms with Crippen molar-refractivity contribution in [3.8, 4) is 0 Å². The van der Waals surface area contributed by atoms with Gasteiger partial charge >= 0.3 is 0 Å². The van der Waals surface area contributed by atoms with E-state index < -0.39 is 5.60 Å². The maximum Gasteiger partial charge on any atom is 0.0793 e. The topological polar surface area (TPSA) is 49.5 Å². The fourth-order valence-corrected chi connectivity index (χ4v) is 1.71. The Hall–Kier alpha value is -0.120. The summed E-state index contributed by atoms with van der Waals surface area (Å²) in [5.74, 6) is 0. The van der Waals surface area contributed by atoms with Gasteiger partial charge in [0.25, 0.3) is 0 Å². The van der Waals surface area contributed by atoms with Gasteiger partial charge in [-0.05, 0) is 25.8 Å². The average Bonchev–Trinajstić information content (AvgIpc) is 2.10. The first-order valence-electron chi connectivity index (χ1n) is 4.85. The molecule has 0 spiro atoms. The first-order valence-corrected chi connectivity index (χ1v) is 4.85. The van der Waals surface area contributed by atoms with E-state index in [1.165, 1.54) is 6.42 Å². The van der Waals surface area contributed by atoms with Crippen molar-refractivity contribution in [1.82, 2.24) is 4.90 Å². The summed E-state index contributed by atoms with van der Waals surface area (Å²) in [5.41, 5.74) is 4.92. The van der Waals surface area contributed by atoms with Crippen LogP contribution in [0.2, 0.25) is 0 Å². The summed E-state index contributed by atoms with van der Waals surface area (Å²) in [7, 11) is 0. The van der Waals surface area contributed by atoms with Crippen LogP contribution in [0.1, 0.15) is 26.2 Å². The summed E-state index contributed by atoms with van der Waals surface area (Å²) >= 11 is 0. The van der Waals surface area contributed by atoms with E-state index in [0.29, 0.717) is 6.54 Å². The van der Waals surface area contributed by atoms with Gasteiger partial charge in [0.1, 0.15) is 0 Å². The van der Waals surface area contributed by atoms with Crippen molar-refractivity contribution < 1.29 is 5.11 Å². The van der Waals surface area contributed by atoms with Crippen molar-refractivity contribution in [1.29, 1.82) is 0 Å². The fourth-order valence-electron chi connectivity index (χ4n) is 1.71. The third-order valence-corrected chi connectivity index (χ3v) is 2.71.